The highest BCUT2D eigenvalue weighted by Gasteiger charge is 2.36. The van der Waals surface area contributed by atoms with Gasteiger partial charge in [0.05, 0.1) is 5.69 Å². The molecule has 0 radical (unpaired) electrons. The van der Waals surface area contributed by atoms with Gasteiger partial charge in [0.2, 0.25) is 11.6 Å². The van der Waals surface area contributed by atoms with Crippen LogP contribution in [0.5, 0.6) is 0 Å². The third-order valence-electron chi connectivity index (χ3n) is 2.70. The minimum Gasteiger partial charge on any atom is -0.330 e. The Morgan fingerprint density at radius 3 is 2.30 bits per heavy atom. The lowest BCUT2D eigenvalue weighted by atomic mass is 10.1. The number of carbonyl (C=O) groups excluding carboxylic acids is 2. The first-order valence-electron chi connectivity index (χ1n) is 5.53. The van der Waals surface area contributed by atoms with E-state index in [0.29, 0.717) is 5.56 Å². The Labute approximate surface area is 111 Å². The van der Waals surface area contributed by atoms with E-state index in [1.54, 1.807) is 0 Å². The molecule has 20 heavy (non-hydrogen) atoms. The normalized spacial score (nSPS) is 11.4. The van der Waals surface area contributed by atoms with Crippen molar-refractivity contribution in [3.05, 3.63) is 41.9 Å². The molecule has 4 nitrogen and oxygen atoms in total. The standard InChI is InChI=1S/C13H9F3N2O2/c1-18-6-10(17-12(18)13(14,15)16)8-2-4-9(5-3-8)11(20)7-19/h2-7H,1H3. The highest BCUT2D eigenvalue weighted by Crippen LogP contribution is 2.30. The first kappa shape index (κ1) is 14.0. The molecule has 0 amide bonds. The number of Topliss-reactive ketones (excluding diaryl/α,β-unsaturated/α-hetero) is 1. The fraction of sp³-hybridized carbons (Fsp3) is 0.154. The fourth-order valence-electron chi connectivity index (χ4n) is 1.74. The number of rotatable bonds is 3. The number of hydrogen-bond donors (Lipinski definition) is 0. The fourth-order valence-corrected chi connectivity index (χ4v) is 1.74. The molecule has 1 aromatic carbocycles. The summed E-state index contributed by atoms with van der Waals surface area (Å²) in [5.74, 6) is -1.69. The van der Waals surface area contributed by atoms with Gasteiger partial charge < -0.3 is 4.57 Å². The summed E-state index contributed by atoms with van der Waals surface area (Å²) < 4.78 is 38.8. The van der Waals surface area contributed by atoms with Crippen LogP contribution in [0.2, 0.25) is 0 Å². The second-order valence-electron chi connectivity index (χ2n) is 4.12. The second kappa shape index (κ2) is 4.92. The molecule has 2 aromatic rings. The maximum Gasteiger partial charge on any atom is 0.449 e. The Morgan fingerprint density at radius 2 is 1.85 bits per heavy atom. The number of nitrogens with zero attached hydrogens (tertiary/aromatic N) is 2. The average Bonchev–Trinajstić information content (AvgIpc) is 2.80. The van der Waals surface area contributed by atoms with Crippen LogP contribution in [-0.4, -0.2) is 21.6 Å². The van der Waals surface area contributed by atoms with Crippen LogP contribution in [0.15, 0.2) is 30.5 Å². The van der Waals surface area contributed by atoms with Gasteiger partial charge in [-0.2, -0.15) is 13.2 Å². The lowest BCUT2D eigenvalue weighted by molar-refractivity contribution is -0.146. The van der Waals surface area contributed by atoms with Gasteiger partial charge in [0.25, 0.3) is 0 Å². The zero-order valence-corrected chi connectivity index (χ0v) is 10.3. The van der Waals surface area contributed by atoms with Crippen LogP contribution in [0.25, 0.3) is 11.3 Å². The van der Waals surface area contributed by atoms with Crippen molar-refractivity contribution in [3.63, 3.8) is 0 Å². The highest BCUT2D eigenvalue weighted by molar-refractivity contribution is 6.33. The third kappa shape index (κ3) is 2.61. The minimum atomic E-state index is -4.53. The number of alkyl halides is 3. The zero-order valence-electron chi connectivity index (χ0n) is 10.3. The molecule has 0 fully saturated rings. The maximum atomic E-state index is 12.6. The Balaban J connectivity index is 2.38. The smallest absolute Gasteiger partial charge is 0.330 e. The molecule has 0 spiro atoms. The number of benzene rings is 1. The summed E-state index contributed by atoms with van der Waals surface area (Å²) in [7, 11) is 1.25. The molecule has 0 atom stereocenters. The van der Waals surface area contributed by atoms with E-state index < -0.39 is 17.8 Å². The van der Waals surface area contributed by atoms with E-state index in [9.17, 15) is 22.8 Å². The molecule has 0 N–H and O–H groups in total. The zero-order chi connectivity index (χ0) is 14.9. The third-order valence-corrected chi connectivity index (χ3v) is 2.70. The van der Waals surface area contributed by atoms with Gasteiger partial charge in [-0.25, -0.2) is 4.98 Å². The molecule has 0 aliphatic carbocycles. The summed E-state index contributed by atoms with van der Waals surface area (Å²) in [5.41, 5.74) is 0.749. The van der Waals surface area contributed by atoms with Gasteiger partial charge in [0, 0.05) is 24.4 Å². The van der Waals surface area contributed by atoms with E-state index in [0.717, 1.165) is 4.57 Å². The summed E-state index contributed by atoms with van der Waals surface area (Å²) in [6, 6.07) is 5.63. The average molecular weight is 282 g/mol. The molecular weight excluding hydrogens is 273 g/mol. The first-order valence-corrected chi connectivity index (χ1v) is 5.53. The topological polar surface area (TPSA) is 52.0 Å². The molecule has 0 saturated carbocycles. The Morgan fingerprint density at radius 1 is 1.25 bits per heavy atom. The van der Waals surface area contributed by atoms with Gasteiger partial charge in [-0.15, -0.1) is 0 Å². The van der Waals surface area contributed by atoms with Crippen molar-refractivity contribution < 1.29 is 22.8 Å². The minimum absolute atomic E-state index is 0.143. The molecule has 104 valence electrons. The van der Waals surface area contributed by atoms with Crippen molar-refractivity contribution in [2.75, 3.05) is 0 Å². The van der Waals surface area contributed by atoms with E-state index in [2.05, 4.69) is 4.98 Å². The number of aryl methyl sites for hydroxylation is 1. The number of halogens is 3. The molecule has 2 rings (SSSR count). The number of hydrogen-bond acceptors (Lipinski definition) is 3. The van der Waals surface area contributed by atoms with Crippen LogP contribution in [0.1, 0.15) is 16.2 Å². The van der Waals surface area contributed by atoms with Crippen LogP contribution in [0.3, 0.4) is 0 Å². The van der Waals surface area contributed by atoms with Crippen molar-refractivity contribution in [2.45, 2.75) is 6.18 Å². The Bertz CT molecular complexity index is 657. The van der Waals surface area contributed by atoms with E-state index in [4.69, 9.17) is 0 Å². The van der Waals surface area contributed by atoms with Crippen LogP contribution >= 0.6 is 0 Å². The van der Waals surface area contributed by atoms with Gasteiger partial charge in [-0.1, -0.05) is 24.3 Å². The Kier molecular flexibility index (Phi) is 3.44. The van der Waals surface area contributed by atoms with Gasteiger partial charge in [0.15, 0.2) is 6.29 Å². The van der Waals surface area contributed by atoms with Crippen molar-refractivity contribution >= 4 is 12.1 Å². The van der Waals surface area contributed by atoms with Gasteiger partial charge in [-0.05, 0) is 0 Å². The van der Waals surface area contributed by atoms with Crippen molar-refractivity contribution in [1.82, 2.24) is 9.55 Å². The van der Waals surface area contributed by atoms with E-state index >= 15 is 0 Å². The monoisotopic (exact) mass is 282 g/mol. The molecule has 0 saturated heterocycles. The molecule has 0 aliphatic rings. The number of aromatic nitrogens is 2. The SMILES string of the molecule is Cn1cc(-c2ccc(C(=O)C=O)cc2)nc1C(F)(F)F. The molecule has 0 unspecified atom stereocenters. The number of aldehydes is 1. The molecule has 7 heteroatoms. The van der Waals surface area contributed by atoms with E-state index in [1.807, 2.05) is 0 Å². The van der Waals surface area contributed by atoms with Crippen molar-refractivity contribution in [1.29, 1.82) is 0 Å². The predicted octanol–water partition coefficient (Wildman–Crippen LogP) is 2.49. The summed E-state index contributed by atoms with van der Waals surface area (Å²) in [5, 5.41) is 0. The van der Waals surface area contributed by atoms with Gasteiger partial charge >= 0.3 is 6.18 Å². The quantitative estimate of drug-likeness (QED) is 0.493. The molecule has 1 aromatic heterocycles. The van der Waals surface area contributed by atoms with Crippen LogP contribution in [-0.2, 0) is 18.0 Å². The largest absolute Gasteiger partial charge is 0.449 e. The lowest BCUT2D eigenvalue weighted by Gasteiger charge is -2.04. The maximum absolute atomic E-state index is 12.6. The molecular formula is C13H9F3N2O2. The summed E-state index contributed by atoms with van der Waals surface area (Å²) in [4.78, 5) is 25.0. The number of imidazole rings is 1. The second-order valence-corrected chi connectivity index (χ2v) is 4.12. The Hall–Kier alpha value is -2.44. The number of carbonyl (C=O) groups is 2. The van der Waals surface area contributed by atoms with Crippen molar-refractivity contribution in [3.8, 4) is 11.3 Å². The van der Waals surface area contributed by atoms with Crippen LogP contribution in [0, 0.1) is 0 Å². The van der Waals surface area contributed by atoms with Crippen molar-refractivity contribution in [2.24, 2.45) is 7.05 Å². The molecule has 0 bridgehead atoms. The molecule has 0 aliphatic heterocycles. The lowest BCUT2D eigenvalue weighted by Crippen LogP contribution is -2.12. The van der Waals surface area contributed by atoms with Crippen LogP contribution < -0.4 is 0 Å². The highest BCUT2D eigenvalue weighted by atomic mass is 19.4. The van der Waals surface area contributed by atoms with Gasteiger partial charge in [0.1, 0.15) is 0 Å². The van der Waals surface area contributed by atoms with Crippen LogP contribution in [0.4, 0.5) is 13.2 Å². The summed E-state index contributed by atoms with van der Waals surface area (Å²) >= 11 is 0. The summed E-state index contributed by atoms with van der Waals surface area (Å²) in [6.45, 7) is 0. The first-order chi connectivity index (χ1) is 9.32. The van der Waals surface area contributed by atoms with Gasteiger partial charge in [-0.3, -0.25) is 9.59 Å². The molecule has 1 heterocycles. The predicted molar refractivity (Wildman–Crippen MR) is 64.0 cm³/mol. The van der Waals surface area contributed by atoms with E-state index in [1.165, 1.54) is 37.5 Å². The summed E-state index contributed by atoms with van der Waals surface area (Å²) in [6.07, 6.45) is -3.10. The van der Waals surface area contributed by atoms with E-state index in [-0.39, 0.29) is 17.5 Å². The number of ketones is 1.